The molecule has 0 unspecified atom stereocenters. The van der Waals surface area contributed by atoms with E-state index in [1.165, 1.54) is 0 Å². The topological polar surface area (TPSA) is 105 Å². The highest BCUT2D eigenvalue weighted by molar-refractivity contribution is 6.09. The number of carbonyl (C=O) groups excluding carboxylic acids is 4. The van der Waals surface area contributed by atoms with Gasteiger partial charge in [0.15, 0.2) is 12.4 Å². The zero-order valence-corrected chi connectivity index (χ0v) is 17.8. The zero-order valence-electron chi connectivity index (χ0n) is 17.8. The highest BCUT2D eigenvalue weighted by atomic mass is 16.5. The van der Waals surface area contributed by atoms with E-state index in [1.54, 1.807) is 48.5 Å². The number of urea groups is 1. The molecule has 166 valence electrons. The minimum Gasteiger partial charge on any atom is -0.484 e. The number of hydrogen-bond donors (Lipinski definition) is 2. The predicted octanol–water partition coefficient (Wildman–Crippen LogP) is 2.83. The molecule has 1 saturated heterocycles. The van der Waals surface area contributed by atoms with Crippen LogP contribution in [-0.2, 0) is 9.59 Å². The molecule has 1 aliphatic carbocycles. The van der Waals surface area contributed by atoms with E-state index in [4.69, 9.17) is 4.74 Å². The van der Waals surface area contributed by atoms with Gasteiger partial charge in [0.1, 0.15) is 11.3 Å². The van der Waals surface area contributed by atoms with E-state index in [0.29, 0.717) is 35.6 Å². The molecule has 2 fully saturated rings. The van der Waals surface area contributed by atoms with E-state index >= 15 is 0 Å². The molecule has 2 aromatic carbocycles. The summed E-state index contributed by atoms with van der Waals surface area (Å²) in [5, 5.41) is 3.50. The molecule has 2 aromatic rings. The summed E-state index contributed by atoms with van der Waals surface area (Å²) in [7, 11) is 0. The summed E-state index contributed by atoms with van der Waals surface area (Å²) in [6, 6.07) is 14.7. The molecule has 8 nitrogen and oxygen atoms in total. The second kappa shape index (κ2) is 8.82. The van der Waals surface area contributed by atoms with Gasteiger partial charge in [-0.25, -0.2) is 4.79 Å². The summed E-state index contributed by atoms with van der Waals surface area (Å²) < 4.78 is 5.45. The van der Waals surface area contributed by atoms with Gasteiger partial charge in [0.05, 0.1) is 0 Å². The van der Waals surface area contributed by atoms with Crippen LogP contribution in [0.2, 0.25) is 0 Å². The summed E-state index contributed by atoms with van der Waals surface area (Å²) in [4.78, 5) is 49.8. The van der Waals surface area contributed by atoms with Crippen LogP contribution in [0.4, 0.5) is 4.79 Å². The van der Waals surface area contributed by atoms with Crippen LogP contribution < -0.4 is 15.5 Å². The van der Waals surface area contributed by atoms with Crippen molar-refractivity contribution in [2.75, 3.05) is 6.61 Å². The lowest BCUT2D eigenvalue weighted by Gasteiger charge is -2.33. The van der Waals surface area contributed by atoms with Crippen molar-refractivity contribution < 1.29 is 23.9 Å². The molecule has 2 aliphatic rings. The van der Waals surface area contributed by atoms with Crippen LogP contribution in [0.5, 0.6) is 5.75 Å². The lowest BCUT2D eigenvalue weighted by atomic mass is 9.77. The number of nitrogens with one attached hydrogen (secondary N) is 2. The van der Waals surface area contributed by atoms with Gasteiger partial charge >= 0.3 is 6.03 Å². The summed E-state index contributed by atoms with van der Waals surface area (Å²) >= 11 is 0. The maximum absolute atomic E-state index is 12.8. The van der Waals surface area contributed by atoms with Gasteiger partial charge in [0, 0.05) is 11.1 Å². The third kappa shape index (κ3) is 4.34. The minimum atomic E-state index is -0.918. The molecule has 2 N–H and O–H groups in total. The number of hydrogen-bond acceptors (Lipinski definition) is 5. The summed E-state index contributed by atoms with van der Waals surface area (Å²) in [5.74, 6) is -0.262. The van der Waals surface area contributed by atoms with Crippen LogP contribution in [0.3, 0.4) is 0 Å². The second-order valence-corrected chi connectivity index (χ2v) is 8.38. The largest absolute Gasteiger partial charge is 0.484 e. The highest BCUT2D eigenvalue weighted by Gasteiger charge is 2.52. The molecule has 0 atom stereocenters. The molecular formula is C24H25N3O5. The Kier molecular flexibility index (Phi) is 5.94. The van der Waals surface area contributed by atoms with Gasteiger partial charge in [-0.15, -0.1) is 0 Å². The van der Waals surface area contributed by atoms with E-state index in [-0.39, 0.29) is 12.4 Å². The number of amides is 4. The van der Waals surface area contributed by atoms with Crippen LogP contribution >= 0.6 is 0 Å². The lowest BCUT2D eigenvalue weighted by molar-refractivity contribution is -0.140. The molecule has 4 amide bonds. The molecule has 32 heavy (non-hydrogen) atoms. The fraction of sp³-hybridized carbons (Fsp3) is 0.333. The number of carbonyl (C=O) groups is 4. The molecule has 0 radical (unpaired) electrons. The zero-order chi connectivity index (χ0) is 22.7. The predicted molar refractivity (Wildman–Crippen MR) is 116 cm³/mol. The van der Waals surface area contributed by atoms with Crippen LogP contribution in [0.1, 0.15) is 48.5 Å². The van der Waals surface area contributed by atoms with Crippen molar-refractivity contribution in [1.82, 2.24) is 15.8 Å². The first kappa shape index (κ1) is 21.5. The molecule has 4 rings (SSSR count). The first-order chi connectivity index (χ1) is 15.4. The standard InChI is InChI=1S/C24H25N3O5/c1-16-11-13-24(14-12-16)22(30)27(23(31)25-24)26-20(28)15-32-19-9-7-18(8-10-19)21(29)17-5-3-2-4-6-17/h2-10,16H,11-15H2,1H3,(H,25,31)(H,26,28). The molecule has 8 heteroatoms. The average molecular weight is 435 g/mol. The normalized spacial score (nSPS) is 22.5. The SMILES string of the molecule is CC1CCC2(CC1)NC(=O)N(NC(=O)COc1ccc(C(=O)c3ccccc3)cc1)C2=O. The third-order valence-electron chi connectivity index (χ3n) is 6.05. The molecule has 1 heterocycles. The molecule has 1 spiro atoms. The van der Waals surface area contributed by atoms with E-state index < -0.39 is 23.4 Å². The smallest absolute Gasteiger partial charge is 0.344 e. The van der Waals surface area contributed by atoms with Crippen molar-refractivity contribution in [3.63, 3.8) is 0 Å². The van der Waals surface area contributed by atoms with E-state index in [1.807, 2.05) is 6.07 Å². The van der Waals surface area contributed by atoms with Crippen LogP contribution in [-0.4, -0.2) is 40.8 Å². The molecule has 0 bridgehead atoms. The average Bonchev–Trinajstić information content (AvgIpc) is 3.04. The fourth-order valence-corrected chi connectivity index (χ4v) is 4.08. The molecule has 0 aromatic heterocycles. The number of ketones is 1. The Labute approximate surface area is 185 Å². The highest BCUT2D eigenvalue weighted by Crippen LogP contribution is 2.35. The molecule has 1 saturated carbocycles. The Bertz CT molecular complexity index is 1030. The fourth-order valence-electron chi connectivity index (χ4n) is 4.08. The molecule has 1 aliphatic heterocycles. The minimum absolute atomic E-state index is 0.112. The van der Waals surface area contributed by atoms with Crippen LogP contribution in [0, 0.1) is 5.92 Å². The Morgan fingerprint density at radius 3 is 2.31 bits per heavy atom. The van der Waals surface area contributed by atoms with Gasteiger partial charge in [-0.05, 0) is 55.9 Å². The maximum Gasteiger partial charge on any atom is 0.344 e. The van der Waals surface area contributed by atoms with E-state index in [0.717, 1.165) is 17.9 Å². The third-order valence-corrected chi connectivity index (χ3v) is 6.05. The number of nitrogens with zero attached hydrogens (tertiary/aromatic N) is 1. The van der Waals surface area contributed by atoms with Crippen molar-refractivity contribution in [1.29, 1.82) is 0 Å². The van der Waals surface area contributed by atoms with E-state index in [2.05, 4.69) is 17.7 Å². The number of ether oxygens (including phenoxy) is 1. The Morgan fingerprint density at radius 1 is 1.03 bits per heavy atom. The van der Waals surface area contributed by atoms with Crippen molar-refractivity contribution in [2.45, 2.75) is 38.1 Å². The lowest BCUT2D eigenvalue weighted by Crippen LogP contribution is -2.52. The van der Waals surface area contributed by atoms with Crippen molar-refractivity contribution in [3.8, 4) is 5.75 Å². The van der Waals surface area contributed by atoms with Crippen LogP contribution in [0.25, 0.3) is 0 Å². The van der Waals surface area contributed by atoms with Crippen molar-refractivity contribution in [3.05, 3.63) is 65.7 Å². The van der Waals surface area contributed by atoms with E-state index in [9.17, 15) is 19.2 Å². The number of imide groups is 1. The number of hydrazine groups is 1. The van der Waals surface area contributed by atoms with Crippen LogP contribution in [0.15, 0.2) is 54.6 Å². The van der Waals surface area contributed by atoms with Gasteiger partial charge in [0.2, 0.25) is 0 Å². The quantitative estimate of drug-likeness (QED) is 0.536. The Morgan fingerprint density at radius 2 is 1.66 bits per heavy atom. The molecular weight excluding hydrogens is 410 g/mol. The summed E-state index contributed by atoms with van der Waals surface area (Å²) in [5.41, 5.74) is 2.50. The van der Waals surface area contributed by atoms with Gasteiger partial charge in [-0.2, -0.15) is 5.01 Å². The first-order valence-electron chi connectivity index (χ1n) is 10.7. The van der Waals surface area contributed by atoms with Gasteiger partial charge in [-0.3, -0.25) is 19.8 Å². The number of rotatable bonds is 6. The van der Waals surface area contributed by atoms with Crippen molar-refractivity contribution >= 4 is 23.6 Å². The summed E-state index contributed by atoms with van der Waals surface area (Å²) in [6.07, 6.45) is 2.82. The van der Waals surface area contributed by atoms with Gasteiger partial charge < -0.3 is 10.1 Å². The second-order valence-electron chi connectivity index (χ2n) is 8.38. The van der Waals surface area contributed by atoms with Gasteiger partial charge in [0.25, 0.3) is 11.8 Å². The summed E-state index contributed by atoms with van der Waals surface area (Å²) in [6.45, 7) is 1.74. The Balaban J connectivity index is 1.31. The first-order valence-corrected chi connectivity index (χ1v) is 10.7. The van der Waals surface area contributed by atoms with Gasteiger partial charge in [-0.1, -0.05) is 37.3 Å². The maximum atomic E-state index is 12.8. The monoisotopic (exact) mass is 435 g/mol. The van der Waals surface area contributed by atoms with Crippen molar-refractivity contribution in [2.24, 2.45) is 5.92 Å². The number of benzene rings is 2. The Hall–Kier alpha value is -3.68.